The lowest BCUT2D eigenvalue weighted by molar-refractivity contribution is -0.128. The molecule has 1 N–H and O–H groups in total. The minimum Gasteiger partial charge on any atom is -0.457 e. The predicted octanol–water partition coefficient (Wildman–Crippen LogP) is 4.50. The van der Waals surface area contributed by atoms with Crippen LogP contribution in [0.5, 0.6) is 0 Å². The third-order valence-electron chi connectivity index (χ3n) is 7.43. The Morgan fingerprint density at radius 1 is 1.21 bits per heavy atom. The summed E-state index contributed by atoms with van der Waals surface area (Å²) in [5.74, 6) is -1.33. The molecule has 2 heterocycles. The zero-order chi connectivity index (χ0) is 27.2. The topological polar surface area (TPSA) is 109 Å². The van der Waals surface area contributed by atoms with Gasteiger partial charge in [-0.3, -0.25) is 9.69 Å². The van der Waals surface area contributed by atoms with E-state index in [9.17, 15) is 19.6 Å². The number of fused-ring (bicyclic) bond motifs is 3. The lowest BCUT2D eigenvalue weighted by Crippen LogP contribution is -2.55. The first-order chi connectivity index (χ1) is 18.0. The molecule has 198 valence electrons. The van der Waals surface area contributed by atoms with Gasteiger partial charge < -0.3 is 14.8 Å². The maximum atomic E-state index is 15.1. The SMILES string of the molecule is CC(C)(C)OC(=O)N1[C@@H]2CC[C@@H](C2)[C@H]1C(=O)N[C@H](C#N)Cc1ccc(-c2ccc3c(c2)C(=O)OC3)cc1F. The number of ether oxygens (including phenoxy) is 2. The third kappa shape index (κ3) is 4.95. The van der Waals surface area contributed by atoms with Crippen LogP contribution in [0.1, 0.15) is 61.5 Å². The lowest BCUT2D eigenvalue weighted by atomic mass is 9.96. The first kappa shape index (κ1) is 25.7. The van der Waals surface area contributed by atoms with Crippen molar-refractivity contribution in [2.45, 2.75) is 76.8 Å². The van der Waals surface area contributed by atoms with Crippen molar-refractivity contribution in [2.75, 3.05) is 0 Å². The fourth-order valence-corrected chi connectivity index (χ4v) is 5.69. The number of rotatable bonds is 5. The van der Waals surface area contributed by atoms with Crippen molar-refractivity contribution in [1.29, 1.82) is 5.26 Å². The summed E-state index contributed by atoms with van der Waals surface area (Å²) in [5.41, 5.74) is 2.11. The number of nitrogens with one attached hydrogen (secondary N) is 1. The highest BCUT2D eigenvalue weighted by Crippen LogP contribution is 2.43. The Morgan fingerprint density at radius 3 is 2.66 bits per heavy atom. The number of halogens is 1. The fraction of sp³-hybridized carbons (Fsp3) is 0.448. The Balaban J connectivity index is 1.28. The normalized spacial score (nSPS) is 22.4. The van der Waals surface area contributed by atoms with Crippen LogP contribution >= 0.6 is 0 Å². The summed E-state index contributed by atoms with van der Waals surface area (Å²) >= 11 is 0. The highest BCUT2D eigenvalue weighted by atomic mass is 19.1. The number of hydrogen-bond donors (Lipinski definition) is 1. The van der Waals surface area contributed by atoms with Gasteiger partial charge in [0.25, 0.3) is 0 Å². The Labute approximate surface area is 220 Å². The molecule has 38 heavy (non-hydrogen) atoms. The number of amides is 2. The van der Waals surface area contributed by atoms with Crippen molar-refractivity contribution in [1.82, 2.24) is 10.2 Å². The van der Waals surface area contributed by atoms with Gasteiger partial charge in [-0.1, -0.05) is 24.3 Å². The molecular formula is C29H30FN3O5. The summed E-state index contributed by atoms with van der Waals surface area (Å²) in [4.78, 5) is 39.5. The number of hydrogen-bond acceptors (Lipinski definition) is 6. The molecule has 2 fully saturated rings. The molecule has 4 atom stereocenters. The summed E-state index contributed by atoms with van der Waals surface area (Å²) in [7, 11) is 0. The van der Waals surface area contributed by atoms with Crippen molar-refractivity contribution in [3.05, 3.63) is 58.9 Å². The number of esters is 1. The van der Waals surface area contributed by atoms with Gasteiger partial charge in [-0.05, 0) is 74.8 Å². The summed E-state index contributed by atoms with van der Waals surface area (Å²) in [5, 5.41) is 12.5. The molecule has 1 saturated heterocycles. The van der Waals surface area contributed by atoms with Crippen LogP contribution < -0.4 is 5.32 Å². The van der Waals surface area contributed by atoms with Crippen molar-refractivity contribution < 1.29 is 28.2 Å². The number of cyclic esters (lactones) is 1. The molecule has 0 unspecified atom stereocenters. The van der Waals surface area contributed by atoms with Gasteiger partial charge in [-0.25, -0.2) is 14.0 Å². The molecule has 2 aromatic carbocycles. The van der Waals surface area contributed by atoms with E-state index in [2.05, 4.69) is 11.4 Å². The second kappa shape index (κ2) is 9.75. The predicted molar refractivity (Wildman–Crippen MR) is 135 cm³/mol. The van der Waals surface area contributed by atoms with E-state index < -0.39 is 41.5 Å². The monoisotopic (exact) mass is 519 g/mol. The molecule has 1 aliphatic carbocycles. The average molecular weight is 520 g/mol. The Morgan fingerprint density at radius 2 is 1.95 bits per heavy atom. The largest absolute Gasteiger partial charge is 0.457 e. The van der Waals surface area contributed by atoms with Crippen LogP contribution in [0.4, 0.5) is 9.18 Å². The van der Waals surface area contributed by atoms with Gasteiger partial charge in [-0.15, -0.1) is 0 Å². The zero-order valence-electron chi connectivity index (χ0n) is 21.6. The number of piperidine rings is 1. The lowest BCUT2D eigenvalue weighted by Gasteiger charge is -2.35. The number of benzene rings is 2. The Kier molecular flexibility index (Phi) is 6.59. The minimum atomic E-state index is -0.975. The molecule has 0 radical (unpaired) electrons. The second-order valence-electron chi connectivity index (χ2n) is 11.2. The second-order valence-corrected chi connectivity index (χ2v) is 11.2. The van der Waals surface area contributed by atoms with E-state index in [4.69, 9.17) is 9.47 Å². The van der Waals surface area contributed by atoms with Gasteiger partial charge in [0.1, 0.15) is 30.1 Å². The number of carbonyl (C=O) groups excluding carboxylic acids is 3. The molecule has 0 aromatic heterocycles. The standard InChI is InChI=1S/C29H30FN3O5/c1-29(2,3)38-28(36)33-22-9-8-19(11-22)25(33)26(34)32-21(14-31)10-18-6-4-17(13-24(18)30)16-5-7-20-15-37-27(35)23(20)12-16/h4-7,12-13,19,21-22,25H,8-11,15H2,1-3H3,(H,32,34)/t19-,21-,22+,25-/m0/s1. The highest BCUT2D eigenvalue weighted by molar-refractivity contribution is 5.95. The number of carbonyl (C=O) groups is 3. The van der Waals surface area contributed by atoms with E-state index in [-0.39, 0.29) is 30.6 Å². The third-order valence-corrected chi connectivity index (χ3v) is 7.43. The van der Waals surface area contributed by atoms with Crippen LogP contribution in [-0.2, 0) is 27.3 Å². The molecule has 8 nitrogen and oxygen atoms in total. The van der Waals surface area contributed by atoms with Gasteiger partial charge in [0, 0.05) is 18.0 Å². The van der Waals surface area contributed by atoms with Crippen LogP contribution in [0.15, 0.2) is 36.4 Å². The summed E-state index contributed by atoms with van der Waals surface area (Å²) in [6.07, 6.45) is 1.82. The number of likely N-dealkylation sites (tertiary alicyclic amines) is 1. The van der Waals surface area contributed by atoms with E-state index in [0.29, 0.717) is 16.7 Å². The maximum Gasteiger partial charge on any atom is 0.411 e. The number of nitriles is 1. The van der Waals surface area contributed by atoms with Crippen LogP contribution in [-0.4, -0.2) is 46.6 Å². The van der Waals surface area contributed by atoms with E-state index >= 15 is 4.39 Å². The zero-order valence-corrected chi connectivity index (χ0v) is 21.6. The van der Waals surface area contributed by atoms with Gasteiger partial charge in [0.2, 0.25) is 5.91 Å². The van der Waals surface area contributed by atoms with Crippen molar-refractivity contribution in [2.24, 2.45) is 5.92 Å². The van der Waals surface area contributed by atoms with Gasteiger partial charge in [-0.2, -0.15) is 5.26 Å². The molecule has 2 aliphatic heterocycles. The van der Waals surface area contributed by atoms with Gasteiger partial charge in [0.05, 0.1) is 11.6 Å². The first-order valence-corrected chi connectivity index (χ1v) is 12.8. The summed E-state index contributed by atoms with van der Waals surface area (Å²) in [6, 6.07) is 10.2. The van der Waals surface area contributed by atoms with Crippen LogP contribution in [0.25, 0.3) is 11.1 Å². The van der Waals surface area contributed by atoms with Gasteiger partial charge >= 0.3 is 12.1 Å². The van der Waals surface area contributed by atoms with Crippen molar-refractivity contribution in [3.63, 3.8) is 0 Å². The van der Waals surface area contributed by atoms with Crippen LogP contribution in [0, 0.1) is 23.1 Å². The molecule has 3 aliphatic rings. The molecule has 1 saturated carbocycles. The Hall–Kier alpha value is -3.93. The quantitative estimate of drug-likeness (QED) is 0.583. The van der Waals surface area contributed by atoms with Crippen LogP contribution in [0.3, 0.4) is 0 Å². The molecule has 5 rings (SSSR count). The molecule has 0 spiro atoms. The molecule has 2 bridgehead atoms. The van der Waals surface area contributed by atoms with Crippen molar-refractivity contribution >= 4 is 18.0 Å². The first-order valence-electron chi connectivity index (χ1n) is 12.8. The van der Waals surface area contributed by atoms with Gasteiger partial charge in [0.15, 0.2) is 0 Å². The molecule has 2 aromatic rings. The fourth-order valence-electron chi connectivity index (χ4n) is 5.69. The molecule has 9 heteroatoms. The average Bonchev–Trinajstić information content (AvgIpc) is 3.58. The molecule has 2 amide bonds. The van der Waals surface area contributed by atoms with E-state index in [0.717, 1.165) is 24.8 Å². The highest BCUT2D eigenvalue weighted by Gasteiger charge is 2.52. The smallest absolute Gasteiger partial charge is 0.411 e. The summed E-state index contributed by atoms with van der Waals surface area (Å²) in [6.45, 7) is 5.56. The Bertz CT molecular complexity index is 1340. The number of nitrogens with zero attached hydrogens (tertiary/aromatic N) is 2. The van der Waals surface area contributed by atoms with E-state index in [1.807, 2.05) is 0 Å². The minimum absolute atomic E-state index is 0.00693. The van der Waals surface area contributed by atoms with E-state index in [1.165, 1.54) is 11.0 Å². The maximum absolute atomic E-state index is 15.1. The van der Waals surface area contributed by atoms with E-state index in [1.54, 1.807) is 51.1 Å². The molecular weight excluding hydrogens is 489 g/mol. The van der Waals surface area contributed by atoms with Crippen molar-refractivity contribution in [3.8, 4) is 17.2 Å². The summed E-state index contributed by atoms with van der Waals surface area (Å²) < 4.78 is 25.7. The van der Waals surface area contributed by atoms with Crippen LogP contribution in [0.2, 0.25) is 0 Å².